The number of aromatic carboxylic acids is 1. The molecule has 2 aliphatic rings. The molecule has 0 radical (unpaired) electrons. The van der Waals surface area contributed by atoms with Crippen molar-refractivity contribution in [1.82, 2.24) is 4.98 Å². The van der Waals surface area contributed by atoms with E-state index in [4.69, 9.17) is 4.42 Å². The van der Waals surface area contributed by atoms with Crippen LogP contribution in [0.2, 0.25) is 0 Å². The van der Waals surface area contributed by atoms with Crippen LogP contribution in [0.25, 0.3) is 11.6 Å². The summed E-state index contributed by atoms with van der Waals surface area (Å²) < 4.78 is 5.70. The average Bonchev–Trinajstić information content (AvgIpc) is 3.17. The summed E-state index contributed by atoms with van der Waals surface area (Å²) in [7, 11) is 0. The van der Waals surface area contributed by atoms with Crippen molar-refractivity contribution in [3.8, 4) is 5.75 Å². The molecule has 134 valence electrons. The van der Waals surface area contributed by atoms with E-state index in [-0.39, 0.29) is 23.8 Å². The molecule has 0 amide bonds. The van der Waals surface area contributed by atoms with Crippen LogP contribution >= 0.6 is 0 Å². The number of aliphatic hydroxyl groups excluding tert-OH is 1. The molecule has 26 heavy (non-hydrogen) atoms. The number of rotatable bonds is 3. The molecule has 2 aromatic heterocycles. The summed E-state index contributed by atoms with van der Waals surface area (Å²) in [4.78, 5) is 21.6. The number of aromatic nitrogens is 1. The van der Waals surface area contributed by atoms with Gasteiger partial charge < -0.3 is 24.6 Å². The second-order valence-electron chi connectivity index (χ2n) is 6.27. The molecule has 8 heteroatoms. The fourth-order valence-corrected chi connectivity index (χ4v) is 3.26. The zero-order chi connectivity index (χ0) is 18.3. The molecule has 1 unspecified atom stereocenters. The fourth-order valence-electron chi connectivity index (χ4n) is 3.26. The molecule has 0 aliphatic carbocycles. The highest BCUT2D eigenvalue weighted by Gasteiger charge is 2.31. The Morgan fingerprint density at radius 2 is 2.27 bits per heavy atom. The van der Waals surface area contributed by atoms with Crippen molar-refractivity contribution in [1.29, 1.82) is 0 Å². The van der Waals surface area contributed by atoms with Crippen molar-refractivity contribution >= 4 is 35.5 Å². The van der Waals surface area contributed by atoms with Crippen molar-refractivity contribution < 1.29 is 24.5 Å². The Morgan fingerprint density at radius 1 is 1.42 bits per heavy atom. The van der Waals surface area contributed by atoms with E-state index in [1.165, 1.54) is 0 Å². The third kappa shape index (κ3) is 2.74. The number of carbonyl (C=O) groups is 1. The Balaban J connectivity index is 1.77. The van der Waals surface area contributed by atoms with E-state index >= 15 is 0 Å². The SMILES string of the molecule is O=C(O)c1c(N2CCCC(O)C2)oc(C=C2C=Nc3ncccc32)c1O. The lowest BCUT2D eigenvalue weighted by atomic mass is 10.1. The van der Waals surface area contributed by atoms with Gasteiger partial charge in [-0.25, -0.2) is 14.8 Å². The molecule has 8 nitrogen and oxygen atoms in total. The number of anilines is 1. The first-order valence-corrected chi connectivity index (χ1v) is 8.28. The minimum Gasteiger partial charge on any atom is -0.504 e. The van der Waals surface area contributed by atoms with Gasteiger partial charge in [0.25, 0.3) is 0 Å². The molecular weight excluding hydrogens is 338 g/mol. The van der Waals surface area contributed by atoms with Gasteiger partial charge in [-0.1, -0.05) is 0 Å². The summed E-state index contributed by atoms with van der Waals surface area (Å²) in [6.45, 7) is 0.811. The lowest BCUT2D eigenvalue weighted by molar-refractivity contribution is 0.0693. The minimum atomic E-state index is -1.28. The molecular formula is C18H17N3O5. The third-order valence-corrected chi connectivity index (χ3v) is 4.50. The Bertz CT molecular complexity index is 931. The van der Waals surface area contributed by atoms with Crippen LogP contribution in [0.3, 0.4) is 0 Å². The number of nitrogens with zero attached hydrogens (tertiary/aromatic N) is 3. The number of aliphatic imine (C=N–C) groups is 1. The number of β-amino-alcohol motifs (C(OH)–C–C–N with tert-alkyl or cyclic N) is 1. The number of furan rings is 1. The van der Waals surface area contributed by atoms with Crippen LogP contribution in [0.4, 0.5) is 11.7 Å². The molecule has 1 fully saturated rings. The minimum absolute atomic E-state index is 0.0376. The van der Waals surface area contributed by atoms with Gasteiger partial charge in [0, 0.05) is 36.6 Å². The summed E-state index contributed by atoms with van der Waals surface area (Å²) in [6, 6.07) is 3.60. The van der Waals surface area contributed by atoms with Crippen molar-refractivity contribution in [3.05, 3.63) is 35.2 Å². The number of aromatic hydroxyl groups is 1. The van der Waals surface area contributed by atoms with Gasteiger partial charge in [-0.05, 0) is 31.1 Å². The molecule has 0 aromatic carbocycles. The van der Waals surface area contributed by atoms with E-state index in [9.17, 15) is 20.1 Å². The van der Waals surface area contributed by atoms with E-state index in [1.807, 2.05) is 6.07 Å². The van der Waals surface area contributed by atoms with E-state index in [1.54, 1.807) is 29.5 Å². The first-order chi connectivity index (χ1) is 12.5. The van der Waals surface area contributed by atoms with Crippen LogP contribution in [-0.4, -0.2) is 51.7 Å². The number of aliphatic hydroxyl groups is 1. The van der Waals surface area contributed by atoms with Crippen LogP contribution in [0.5, 0.6) is 5.75 Å². The molecule has 0 saturated carbocycles. The Morgan fingerprint density at radius 3 is 3.04 bits per heavy atom. The van der Waals surface area contributed by atoms with Crippen molar-refractivity contribution in [2.24, 2.45) is 4.99 Å². The second kappa shape index (κ2) is 6.30. The first kappa shape index (κ1) is 16.3. The Hall–Kier alpha value is -3.13. The molecule has 3 N–H and O–H groups in total. The Labute approximate surface area is 148 Å². The quantitative estimate of drug-likeness (QED) is 0.773. The molecule has 0 bridgehead atoms. The number of piperidine rings is 1. The monoisotopic (exact) mass is 355 g/mol. The number of allylic oxidation sites excluding steroid dienone is 1. The molecule has 2 aromatic rings. The predicted octanol–water partition coefficient (Wildman–Crippen LogP) is 2.30. The highest BCUT2D eigenvalue weighted by atomic mass is 16.4. The maximum absolute atomic E-state index is 11.6. The topological polar surface area (TPSA) is 119 Å². The van der Waals surface area contributed by atoms with Crippen LogP contribution in [-0.2, 0) is 0 Å². The second-order valence-corrected chi connectivity index (χ2v) is 6.27. The van der Waals surface area contributed by atoms with Crippen molar-refractivity contribution in [3.63, 3.8) is 0 Å². The van der Waals surface area contributed by atoms with E-state index in [0.717, 1.165) is 5.56 Å². The maximum atomic E-state index is 11.6. The van der Waals surface area contributed by atoms with Crippen LogP contribution in [0.1, 0.15) is 34.5 Å². The fraction of sp³-hybridized carbons (Fsp3) is 0.278. The highest BCUT2D eigenvalue weighted by Crippen LogP contribution is 2.40. The molecule has 1 atom stereocenters. The lowest BCUT2D eigenvalue weighted by Gasteiger charge is -2.30. The first-order valence-electron chi connectivity index (χ1n) is 8.28. The van der Waals surface area contributed by atoms with Crippen molar-refractivity contribution in [2.45, 2.75) is 18.9 Å². The predicted molar refractivity (Wildman–Crippen MR) is 95.0 cm³/mol. The summed E-state index contributed by atoms with van der Waals surface area (Å²) in [5.41, 5.74) is 1.14. The van der Waals surface area contributed by atoms with Crippen molar-refractivity contribution in [2.75, 3.05) is 18.0 Å². The molecule has 4 rings (SSSR count). The smallest absolute Gasteiger partial charge is 0.345 e. The van der Waals surface area contributed by atoms with Gasteiger partial charge in [-0.3, -0.25) is 0 Å². The molecule has 0 spiro atoms. The zero-order valence-corrected chi connectivity index (χ0v) is 13.8. The average molecular weight is 355 g/mol. The Kier molecular flexibility index (Phi) is 3.96. The molecule has 2 aliphatic heterocycles. The number of hydrogen-bond acceptors (Lipinski definition) is 7. The summed E-state index contributed by atoms with van der Waals surface area (Å²) in [5, 5.41) is 29.8. The van der Waals surface area contributed by atoms with Crippen LogP contribution < -0.4 is 4.90 Å². The number of pyridine rings is 1. The standard InChI is InChI=1S/C18H17N3O5/c22-11-3-2-6-21(9-11)17-14(18(24)25)15(23)13(26-17)7-10-8-20-16-12(10)4-1-5-19-16/h1,4-5,7-8,11,22-23H,2-3,6,9H2,(H,24,25). The largest absolute Gasteiger partial charge is 0.504 e. The van der Waals surface area contributed by atoms with Gasteiger partial charge in [0.05, 0.1) is 6.10 Å². The summed E-state index contributed by atoms with van der Waals surface area (Å²) in [5.74, 6) is -1.07. The van der Waals surface area contributed by atoms with Gasteiger partial charge in [0.1, 0.15) is 0 Å². The number of hydrogen-bond donors (Lipinski definition) is 3. The van der Waals surface area contributed by atoms with Gasteiger partial charge in [0.15, 0.2) is 22.9 Å². The van der Waals surface area contributed by atoms with Crippen LogP contribution in [0, 0.1) is 0 Å². The van der Waals surface area contributed by atoms with E-state index in [2.05, 4.69) is 9.98 Å². The molecule has 4 heterocycles. The zero-order valence-electron chi connectivity index (χ0n) is 13.8. The highest BCUT2D eigenvalue weighted by molar-refractivity contribution is 6.21. The third-order valence-electron chi connectivity index (χ3n) is 4.50. The van der Waals surface area contributed by atoms with Crippen LogP contribution in [0.15, 0.2) is 27.7 Å². The van der Waals surface area contributed by atoms with E-state index < -0.39 is 17.8 Å². The number of fused-ring (bicyclic) bond motifs is 1. The number of carboxylic acid groups (broad SMARTS) is 1. The maximum Gasteiger partial charge on any atom is 0.345 e. The number of carboxylic acids is 1. The lowest BCUT2D eigenvalue weighted by Crippen LogP contribution is -2.38. The summed E-state index contributed by atoms with van der Waals surface area (Å²) >= 11 is 0. The summed E-state index contributed by atoms with van der Waals surface area (Å²) in [6.07, 6.45) is 5.57. The normalized spacial score (nSPS) is 20.6. The van der Waals surface area contributed by atoms with Gasteiger partial charge >= 0.3 is 5.97 Å². The van der Waals surface area contributed by atoms with E-state index in [0.29, 0.717) is 30.8 Å². The molecule has 1 saturated heterocycles. The van der Waals surface area contributed by atoms with Gasteiger partial charge in [-0.2, -0.15) is 0 Å². The van der Waals surface area contributed by atoms with Gasteiger partial charge in [0.2, 0.25) is 5.88 Å². The van der Waals surface area contributed by atoms with Gasteiger partial charge in [-0.15, -0.1) is 0 Å².